The second-order valence-corrected chi connectivity index (χ2v) is 15.1. The summed E-state index contributed by atoms with van der Waals surface area (Å²) in [5.41, 5.74) is 18.9. The first-order valence-corrected chi connectivity index (χ1v) is 18.6. The first-order valence-electron chi connectivity index (χ1n) is 15.6. The van der Waals surface area contributed by atoms with Crippen LogP contribution in [0.4, 0.5) is 11.5 Å². The number of aromatic nitrogens is 4. The average Bonchev–Trinajstić information content (AvgIpc) is 3.86. The molecule has 2 aromatic heterocycles. The zero-order chi connectivity index (χ0) is 36.9. The molecule has 1 amide bonds. The van der Waals surface area contributed by atoms with E-state index >= 15 is 0 Å². The van der Waals surface area contributed by atoms with Crippen LogP contribution < -0.4 is 22.7 Å². The number of ether oxygens (including phenoxy) is 2. The molecule has 2 unspecified atom stereocenters. The van der Waals surface area contributed by atoms with Crippen molar-refractivity contribution in [3.05, 3.63) is 61.0 Å². The van der Waals surface area contributed by atoms with E-state index in [4.69, 9.17) is 45.0 Å². The smallest absolute Gasteiger partial charge is 0.399 e. The summed E-state index contributed by atoms with van der Waals surface area (Å²) in [5, 5.41) is 21.2. The van der Waals surface area contributed by atoms with Gasteiger partial charge in [-0.05, 0) is 24.0 Å². The van der Waals surface area contributed by atoms with Crippen LogP contribution in [0.2, 0.25) is 0 Å². The van der Waals surface area contributed by atoms with E-state index in [1.807, 2.05) is 0 Å². The van der Waals surface area contributed by atoms with Gasteiger partial charge in [-0.2, -0.15) is 4.31 Å². The van der Waals surface area contributed by atoms with E-state index in [2.05, 4.69) is 19.3 Å². The lowest BCUT2D eigenvalue weighted by molar-refractivity contribution is -0.115. The van der Waals surface area contributed by atoms with Crippen molar-refractivity contribution in [1.82, 2.24) is 24.4 Å². The number of nitrogens with two attached hydrogens (primary N) is 3. The molecule has 3 saturated heterocycles. The van der Waals surface area contributed by atoms with Gasteiger partial charge < -0.3 is 60.9 Å². The molecule has 3 aromatic rings. The molecule has 25 heteroatoms. The quantitative estimate of drug-likeness (QED) is 0.0617. The Morgan fingerprint density at radius 3 is 2.42 bits per heavy atom. The number of nitrogen functional groups attached to an aromatic ring is 2. The van der Waals surface area contributed by atoms with Gasteiger partial charge in [-0.3, -0.25) is 18.4 Å². The van der Waals surface area contributed by atoms with Crippen LogP contribution in [0.3, 0.4) is 0 Å². The number of hydrogen-bond donors (Lipinski definition) is 7. The molecule has 4 aliphatic heterocycles. The zero-order valence-electron chi connectivity index (χ0n) is 26.7. The highest BCUT2D eigenvalue weighted by Crippen LogP contribution is 2.61. The number of fused-ring (bicyclic) bond motifs is 2. The van der Waals surface area contributed by atoms with Gasteiger partial charge in [0.25, 0.3) is 0 Å². The number of aliphatic hydroxyl groups excluding tert-OH is 2. The van der Waals surface area contributed by atoms with Crippen LogP contribution in [-0.4, -0.2) is 114 Å². The first kappa shape index (κ1) is 36.6. The fourth-order valence-corrected chi connectivity index (χ4v) is 8.23. The number of benzene rings is 1. The number of allylic oxidation sites excluding steroid dienone is 1. The molecule has 52 heavy (non-hydrogen) atoms. The fourth-order valence-electron chi connectivity index (χ4n) is 6.14. The van der Waals surface area contributed by atoms with E-state index in [0.29, 0.717) is 11.2 Å². The lowest BCUT2D eigenvalue weighted by Crippen LogP contribution is -2.41. The minimum atomic E-state index is -5.37. The van der Waals surface area contributed by atoms with Gasteiger partial charge in [0.2, 0.25) is 5.91 Å². The Balaban J connectivity index is 0.990. The van der Waals surface area contributed by atoms with Crippen molar-refractivity contribution in [2.24, 2.45) is 5.73 Å². The second kappa shape index (κ2) is 14.2. The van der Waals surface area contributed by atoms with Crippen LogP contribution >= 0.6 is 15.6 Å². The summed E-state index contributed by atoms with van der Waals surface area (Å²) in [6.07, 6.45) is -2.18. The molecule has 10 N–H and O–H groups in total. The van der Waals surface area contributed by atoms with Gasteiger partial charge in [-0.25, -0.2) is 24.1 Å². The van der Waals surface area contributed by atoms with Gasteiger partial charge in [0.05, 0.1) is 19.5 Å². The third-order valence-electron chi connectivity index (χ3n) is 8.57. The number of imidazole rings is 1. The van der Waals surface area contributed by atoms with Gasteiger partial charge in [-0.1, -0.05) is 18.2 Å². The highest BCUT2D eigenvalue weighted by atomic mass is 31.3. The summed E-state index contributed by atoms with van der Waals surface area (Å²) >= 11 is 0. The number of phosphoric acid groups is 2. The van der Waals surface area contributed by atoms with Crippen LogP contribution in [0.15, 0.2) is 61.0 Å². The number of amides is 1. The molecular weight excluding hydrogens is 733 g/mol. The maximum Gasteiger partial charge on any atom is 0.494 e. The van der Waals surface area contributed by atoms with Crippen molar-refractivity contribution >= 4 is 56.8 Å². The van der Waals surface area contributed by atoms with Gasteiger partial charge in [0.15, 0.2) is 23.9 Å². The van der Waals surface area contributed by atoms with Crippen LogP contribution in [0, 0.1) is 0 Å². The van der Waals surface area contributed by atoms with E-state index in [1.165, 1.54) is 22.0 Å². The summed E-state index contributed by atoms with van der Waals surface area (Å²) in [7, 11) is -11.6. The molecule has 4 aliphatic rings. The Labute approximate surface area is 294 Å². The van der Waals surface area contributed by atoms with E-state index in [1.54, 1.807) is 36.5 Å². The summed E-state index contributed by atoms with van der Waals surface area (Å²) in [5.74, 6) is -0.581. The zero-order valence-corrected chi connectivity index (χ0v) is 28.5. The van der Waals surface area contributed by atoms with E-state index in [9.17, 15) is 33.9 Å². The van der Waals surface area contributed by atoms with E-state index < -0.39 is 91.0 Å². The third-order valence-corrected chi connectivity index (χ3v) is 11.2. The van der Waals surface area contributed by atoms with Gasteiger partial charge >= 0.3 is 22.8 Å². The lowest BCUT2D eigenvalue weighted by Gasteiger charge is -2.30. The largest absolute Gasteiger partial charge is 0.494 e. The molecule has 0 radical (unpaired) electrons. The number of primary amides is 1. The Bertz CT molecular complexity index is 2010. The van der Waals surface area contributed by atoms with Crippen molar-refractivity contribution in [3.63, 3.8) is 0 Å². The Hall–Kier alpha value is -3.80. The molecule has 6 heterocycles. The van der Waals surface area contributed by atoms with Gasteiger partial charge in [0.1, 0.15) is 48.5 Å². The normalized spacial score (nSPS) is 31.0. The molecule has 10 atom stereocenters. The molecule has 0 saturated carbocycles. The molecule has 0 bridgehead atoms. The first-order chi connectivity index (χ1) is 24.7. The van der Waals surface area contributed by atoms with Crippen LogP contribution in [0.25, 0.3) is 11.2 Å². The minimum Gasteiger partial charge on any atom is -0.399 e. The van der Waals surface area contributed by atoms with Gasteiger partial charge in [0, 0.05) is 23.7 Å². The van der Waals surface area contributed by atoms with Crippen LogP contribution in [0.5, 0.6) is 0 Å². The molecule has 7 rings (SSSR count). The molecule has 278 valence electrons. The number of aliphatic hydroxyl groups is 2. The Morgan fingerprint density at radius 2 is 1.69 bits per heavy atom. The fraction of sp³-hybridized carbons (Fsp3) is 0.407. The predicted octanol–water partition coefficient (Wildman–Crippen LogP) is -1.65. The number of phosphoric ester groups is 2. The summed E-state index contributed by atoms with van der Waals surface area (Å²) in [6, 6.07) is 6.76. The summed E-state index contributed by atoms with van der Waals surface area (Å²) < 4.78 is 65.3. The standard InChI is InChI=1S/C27H33BN8O14P2/c29-15-5-1-4-14(7-15)28-48-21-17(47-27(22(21)49-28)35-6-2-3-13(8-35)24(31)39)10-45-52(42,43)50-51(40,41)44-9-16-19(37)20(38)26(46-16)36-12-34-18-23(30)32-11-33-25(18)36/h1-2,4-8,11-12,16-17,19-22,26-27,37-38H,3,9-10,29H2,(H2,31,39)(H,40,41)(H,42,43)(H2,30,32,33)/t16-,17-,19-,20-,21-,22-,26-,27-/m1/s1. The van der Waals surface area contributed by atoms with E-state index in [-0.39, 0.29) is 29.0 Å². The molecule has 22 nitrogen and oxygen atoms in total. The second-order valence-electron chi connectivity index (χ2n) is 12.1. The highest BCUT2D eigenvalue weighted by Gasteiger charge is 2.56. The number of anilines is 2. The topological polar surface area (TPSA) is 322 Å². The van der Waals surface area contributed by atoms with Crippen molar-refractivity contribution in [2.45, 2.75) is 55.5 Å². The molecular formula is C27H33BN8O14P2. The number of rotatable bonds is 12. The van der Waals surface area contributed by atoms with Crippen molar-refractivity contribution in [2.75, 3.05) is 24.7 Å². The number of carbonyl (C=O) groups is 1. The molecule has 3 fully saturated rings. The Kier molecular flexibility index (Phi) is 9.99. The number of hydrogen-bond acceptors (Lipinski definition) is 18. The monoisotopic (exact) mass is 766 g/mol. The predicted molar refractivity (Wildman–Crippen MR) is 176 cm³/mol. The number of nitrogens with zero attached hydrogens (tertiary/aromatic N) is 5. The van der Waals surface area contributed by atoms with Crippen LogP contribution in [0.1, 0.15) is 12.6 Å². The number of carbonyl (C=O) groups excluding carboxylic acids is 1. The molecule has 1 aromatic carbocycles. The highest BCUT2D eigenvalue weighted by molar-refractivity contribution is 7.61. The minimum absolute atomic E-state index is 0.0611. The van der Waals surface area contributed by atoms with E-state index in [0.717, 1.165) is 6.33 Å². The summed E-state index contributed by atoms with van der Waals surface area (Å²) in [6.45, 7) is -1.57. The summed E-state index contributed by atoms with van der Waals surface area (Å²) in [4.78, 5) is 46.1. The SMILES string of the molecule is NC(=O)C1=CN([C@@H]2O[C@H](COP(=O)(O)OP(=O)(O)OC[C@H]3O[C@@H](n4cnc5c(N)ncnc54)[C@H](O)[C@@H]3O)[C@H]3OB(c4cccc(N)c4)O[C@H]32)C=CC1. The maximum atomic E-state index is 12.9. The lowest BCUT2D eigenvalue weighted by atomic mass is 9.79. The average molecular weight is 766 g/mol. The van der Waals surface area contributed by atoms with Crippen LogP contribution in [-0.2, 0) is 46.1 Å². The Morgan fingerprint density at radius 1 is 0.981 bits per heavy atom. The third kappa shape index (κ3) is 7.37. The van der Waals surface area contributed by atoms with Crippen molar-refractivity contribution in [3.8, 4) is 0 Å². The molecule has 0 spiro atoms. The maximum absolute atomic E-state index is 12.9. The molecule has 0 aliphatic carbocycles. The van der Waals surface area contributed by atoms with Crippen molar-refractivity contribution in [1.29, 1.82) is 0 Å². The van der Waals surface area contributed by atoms with Gasteiger partial charge in [-0.15, -0.1) is 0 Å². The van der Waals surface area contributed by atoms with Crippen molar-refractivity contribution < 1.29 is 66.1 Å².